The minimum Gasteiger partial charge on any atom is -0.352 e. The van der Waals surface area contributed by atoms with E-state index in [4.69, 9.17) is 17.3 Å². The number of carbonyl (C=O) groups excluding carboxylic acids is 2. The molecule has 7 heteroatoms. The van der Waals surface area contributed by atoms with Gasteiger partial charge in [0.15, 0.2) is 0 Å². The molecule has 0 radical (unpaired) electrons. The van der Waals surface area contributed by atoms with E-state index in [0.29, 0.717) is 35.8 Å². The molecule has 24 heavy (non-hydrogen) atoms. The molecule has 2 amide bonds. The summed E-state index contributed by atoms with van der Waals surface area (Å²) in [5.74, 6) is -0.340. The van der Waals surface area contributed by atoms with Crippen LogP contribution < -0.4 is 16.4 Å². The average Bonchev–Trinajstić information content (AvgIpc) is 2.43. The van der Waals surface area contributed by atoms with Crippen LogP contribution in [0.25, 0.3) is 0 Å². The van der Waals surface area contributed by atoms with E-state index in [1.54, 1.807) is 18.2 Å². The van der Waals surface area contributed by atoms with Crippen molar-refractivity contribution < 1.29 is 9.59 Å². The number of amides is 2. The van der Waals surface area contributed by atoms with Crippen LogP contribution in [0.2, 0.25) is 5.02 Å². The molecule has 0 aliphatic carbocycles. The molecule has 0 aliphatic rings. The maximum Gasteiger partial charge on any atom is 0.252 e. The number of nitrogens with one attached hydrogen (secondary N) is 2. The molecule has 0 aliphatic heterocycles. The molecule has 0 atom stereocenters. The van der Waals surface area contributed by atoms with Crippen LogP contribution in [-0.4, -0.2) is 24.9 Å². The molecule has 0 aromatic heterocycles. The van der Waals surface area contributed by atoms with Crippen LogP contribution in [0.5, 0.6) is 0 Å². The lowest BCUT2D eigenvalue weighted by molar-refractivity contribution is -0.117. The summed E-state index contributed by atoms with van der Waals surface area (Å²) in [6, 6.07) is 4.90. The van der Waals surface area contributed by atoms with Crippen LogP contribution in [0.15, 0.2) is 18.2 Å². The van der Waals surface area contributed by atoms with Crippen molar-refractivity contribution in [3.63, 3.8) is 0 Å². The van der Waals surface area contributed by atoms with E-state index in [1.165, 1.54) is 0 Å². The second kappa shape index (κ2) is 10.5. The van der Waals surface area contributed by atoms with Crippen molar-refractivity contribution in [2.24, 2.45) is 11.1 Å². The fraction of sp³-hybridized carbons (Fsp3) is 0.529. The first-order chi connectivity index (χ1) is 10.7. The van der Waals surface area contributed by atoms with E-state index in [0.717, 1.165) is 12.8 Å². The molecule has 1 aromatic rings. The van der Waals surface area contributed by atoms with Crippen LogP contribution in [0.1, 0.15) is 50.4 Å². The number of nitrogens with two attached hydrogens (primary N) is 1. The molecule has 4 N–H and O–H groups in total. The molecule has 0 saturated heterocycles. The highest BCUT2D eigenvalue weighted by molar-refractivity contribution is 6.34. The quantitative estimate of drug-likeness (QED) is 0.636. The number of hydrogen-bond donors (Lipinski definition) is 3. The lowest BCUT2D eigenvalue weighted by atomic mass is 9.92. The Labute approximate surface area is 155 Å². The Balaban J connectivity index is 0.00000529. The highest BCUT2D eigenvalue weighted by Gasteiger charge is 2.17. The molecule has 1 aromatic carbocycles. The van der Waals surface area contributed by atoms with Crippen LogP contribution in [0.3, 0.4) is 0 Å². The molecule has 5 nitrogen and oxygen atoms in total. The van der Waals surface area contributed by atoms with E-state index < -0.39 is 0 Å². The Bertz CT molecular complexity index is 557. The minimum atomic E-state index is -0.251. The van der Waals surface area contributed by atoms with Crippen molar-refractivity contribution in [3.8, 4) is 0 Å². The number of unbranched alkanes of at least 4 members (excludes halogenated alkanes) is 1. The van der Waals surface area contributed by atoms with E-state index in [-0.39, 0.29) is 29.6 Å². The summed E-state index contributed by atoms with van der Waals surface area (Å²) in [6.45, 7) is 7.14. The summed E-state index contributed by atoms with van der Waals surface area (Å²) in [5, 5.41) is 5.96. The number of carbonyl (C=O) groups is 2. The monoisotopic (exact) mass is 375 g/mol. The lowest BCUT2D eigenvalue weighted by Crippen LogP contribution is -2.25. The number of hydrogen-bond acceptors (Lipinski definition) is 3. The molecule has 136 valence electrons. The first kappa shape index (κ1) is 22.7. The summed E-state index contributed by atoms with van der Waals surface area (Å²) < 4.78 is 0. The molecule has 0 heterocycles. The van der Waals surface area contributed by atoms with Gasteiger partial charge >= 0.3 is 0 Å². The third kappa shape index (κ3) is 8.52. The molecule has 1 rings (SSSR count). The van der Waals surface area contributed by atoms with E-state index >= 15 is 0 Å². The maximum absolute atomic E-state index is 12.2. The zero-order valence-electron chi connectivity index (χ0n) is 14.4. The van der Waals surface area contributed by atoms with Crippen LogP contribution in [0, 0.1) is 5.41 Å². The highest BCUT2D eigenvalue weighted by Crippen LogP contribution is 2.23. The number of halogens is 2. The van der Waals surface area contributed by atoms with Crippen molar-refractivity contribution in [2.45, 2.75) is 40.0 Å². The Morgan fingerprint density at radius 2 is 1.88 bits per heavy atom. The van der Waals surface area contributed by atoms with Gasteiger partial charge in [-0.3, -0.25) is 9.59 Å². The standard InChI is InChI=1S/C17H26ClN3O2.ClH/c1-17(2,3)11-15(22)21-12-6-7-14(18)13(10-12)16(23)20-9-5-4-8-19;/h6-7,10H,4-5,8-9,11,19H2,1-3H3,(H,20,23)(H,21,22);1H. The topological polar surface area (TPSA) is 84.2 Å². The van der Waals surface area contributed by atoms with Crippen LogP contribution in [0.4, 0.5) is 5.69 Å². The van der Waals surface area contributed by atoms with Crippen molar-refractivity contribution in [1.29, 1.82) is 0 Å². The van der Waals surface area contributed by atoms with Crippen molar-refractivity contribution in [2.75, 3.05) is 18.4 Å². The Kier molecular flexibility index (Phi) is 9.97. The predicted octanol–water partition coefficient (Wildman–Crippen LogP) is 3.61. The molecule has 0 unspecified atom stereocenters. The van der Waals surface area contributed by atoms with Crippen molar-refractivity contribution >= 4 is 41.5 Å². The average molecular weight is 376 g/mol. The zero-order valence-corrected chi connectivity index (χ0v) is 16.0. The summed E-state index contributed by atoms with van der Waals surface area (Å²) >= 11 is 6.08. The summed E-state index contributed by atoms with van der Waals surface area (Å²) in [7, 11) is 0. The Morgan fingerprint density at radius 3 is 2.46 bits per heavy atom. The van der Waals surface area contributed by atoms with E-state index in [2.05, 4.69) is 10.6 Å². The molecule has 0 spiro atoms. The Morgan fingerprint density at radius 1 is 1.21 bits per heavy atom. The van der Waals surface area contributed by atoms with Gasteiger partial charge in [0.2, 0.25) is 5.91 Å². The lowest BCUT2D eigenvalue weighted by Gasteiger charge is -2.17. The highest BCUT2D eigenvalue weighted by atomic mass is 35.5. The van der Waals surface area contributed by atoms with E-state index in [9.17, 15) is 9.59 Å². The van der Waals surface area contributed by atoms with E-state index in [1.807, 2.05) is 20.8 Å². The summed E-state index contributed by atoms with van der Waals surface area (Å²) in [6.07, 6.45) is 2.08. The van der Waals surface area contributed by atoms with Crippen molar-refractivity contribution in [1.82, 2.24) is 5.32 Å². The first-order valence-corrected chi connectivity index (χ1v) is 8.18. The third-order valence-corrected chi connectivity index (χ3v) is 3.43. The van der Waals surface area contributed by atoms with Gasteiger partial charge in [0, 0.05) is 18.7 Å². The number of rotatable bonds is 7. The van der Waals surface area contributed by atoms with Gasteiger partial charge in [-0.25, -0.2) is 0 Å². The maximum atomic E-state index is 12.2. The van der Waals surface area contributed by atoms with Gasteiger partial charge in [-0.2, -0.15) is 0 Å². The zero-order chi connectivity index (χ0) is 17.5. The van der Waals surface area contributed by atoms with Crippen LogP contribution in [-0.2, 0) is 4.79 Å². The number of benzene rings is 1. The molecular formula is C17H27Cl2N3O2. The van der Waals surface area contributed by atoms with Crippen molar-refractivity contribution in [3.05, 3.63) is 28.8 Å². The SMILES string of the molecule is CC(C)(C)CC(=O)Nc1ccc(Cl)c(C(=O)NCCCCN)c1.Cl. The largest absolute Gasteiger partial charge is 0.352 e. The molecular weight excluding hydrogens is 349 g/mol. The second-order valence-corrected chi connectivity index (χ2v) is 7.14. The summed E-state index contributed by atoms with van der Waals surface area (Å²) in [4.78, 5) is 24.1. The van der Waals surface area contributed by atoms with Gasteiger partial charge < -0.3 is 16.4 Å². The fourth-order valence-electron chi connectivity index (χ4n) is 2.03. The predicted molar refractivity (Wildman–Crippen MR) is 102 cm³/mol. The second-order valence-electron chi connectivity index (χ2n) is 6.73. The Hall–Kier alpha value is -1.30. The number of anilines is 1. The van der Waals surface area contributed by atoms with Crippen LogP contribution >= 0.6 is 24.0 Å². The van der Waals surface area contributed by atoms with Gasteiger partial charge in [0.1, 0.15) is 0 Å². The molecule has 0 saturated carbocycles. The van der Waals surface area contributed by atoms with Gasteiger partial charge in [0.05, 0.1) is 10.6 Å². The van der Waals surface area contributed by atoms with Gasteiger partial charge in [-0.05, 0) is 43.0 Å². The van der Waals surface area contributed by atoms with Gasteiger partial charge in [-0.15, -0.1) is 12.4 Å². The van der Waals surface area contributed by atoms with Gasteiger partial charge in [-0.1, -0.05) is 32.4 Å². The minimum absolute atomic E-state index is 0. The molecule has 0 bridgehead atoms. The molecule has 0 fully saturated rings. The fourth-order valence-corrected chi connectivity index (χ4v) is 2.23. The third-order valence-electron chi connectivity index (χ3n) is 3.10. The smallest absolute Gasteiger partial charge is 0.252 e. The van der Waals surface area contributed by atoms with Gasteiger partial charge in [0.25, 0.3) is 5.91 Å². The normalized spacial score (nSPS) is 10.7. The first-order valence-electron chi connectivity index (χ1n) is 7.80. The summed E-state index contributed by atoms with van der Waals surface area (Å²) in [5.41, 5.74) is 6.24.